The molecular formula is C15H18FN3O. The van der Waals surface area contributed by atoms with Crippen molar-refractivity contribution in [2.45, 2.75) is 31.7 Å². The van der Waals surface area contributed by atoms with Crippen LogP contribution in [0.3, 0.4) is 0 Å². The quantitative estimate of drug-likeness (QED) is 0.870. The van der Waals surface area contributed by atoms with Crippen molar-refractivity contribution in [2.24, 2.45) is 0 Å². The number of morpholine rings is 1. The molecular weight excluding hydrogens is 257 g/mol. The predicted octanol–water partition coefficient (Wildman–Crippen LogP) is 2.77. The van der Waals surface area contributed by atoms with Gasteiger partial charge in [-0.25, -0.2) is 4.39 Å². The van der Waals surface area contributed by atoms with Crippen molar-refractivity contribution in [3.05, 3.63) is 23.6 Å². The van der Waals surface area contributed by atoms with Crippen molar-refractivity contribution in [2.75, 3.05) is 24.7 Å². The molecule has 20 heavy (non-hydrogen) atoms. The van der Waals surface area contributed by atoms with Crippen molar-refractivity contribution in [3.63, 3.8) is 0 Å². The van der Waals surface area contributed by atoms with E-state index in [0.717, 1.165) is 37.1 Å². The summed E-state index contributed by atoms with van der Waals surface area (Å²) in [7, 11) is 0. The molecule has 4 nitrogen and oxygen atoms in total. The highest BCUT2D eigenvalue weighted by Gasteiger charge is 2.45. The average Bonchev–Trinajstić information content (AvgIpc) is 2.77. The van der Waals surface area contributed by atoms with Crippen LogP contribution in [0.1, 0.15) is 25.0 Å². The Labute approximate surface area is 116 Å². The maximum atomic E-state index is 14.5. The van der Waals surface area contributed by atoms with Crippen LogP contribution >= 0.6 is 0 Å². The molecule has 0 unspecified atom stereocenters. The molecule has 5 heteroatoms. The van der Waals surface area contributed by atoms with Crippen LogP contribution in [0, 0.1) is 12.7 Å². The topological polar surface area (TPSA) is 41.2 Å². The van der Waals surface area contributed by atoms with Crippen LogP contribution in [0.5, 0.6) is 0 Å². The van der Waals surface area contributed by atoms with Gasteiger partial charge >= 0.3 is 0 Å². The Morgan fingerprint density at radius 1 is 1.40 bits per heavy atom. The first kappa shape index (κ1) is 12.1. The summed E-state index contributed by atoms with van der Waals surface area (Å²) >= 11 is 0. The van der Waals surface area contributed by atoms with Crippen LogP contribution in [0.25, 0.3) is 10.9 Å². The summed E-state index contributed by atoms with van der Waals surface area (Å²) in [4.78, 5) is 2.22. The summed E-state index contributed by atoms with van der Waals surface area (Å²) in [6.07, 6.45) is 3.39. The Hall–Kier alpha value is -1.62. The molecule has 1 aliphatic heterocycles. The van der Waals surface area contributed by atoms with Crippen LogP contribution in [0.4, 0.5) is 10.1 Å². The van der Waals surface area contributed by atoms with E-state index in [1.165, 1.54) is 12.5 Å². The number of benzene rings is 1. The summed E-state index contributed by atoms with van der Waals surface area (Å²) in [5.74, 6) is -0.183. The van der Waals surface area contributed by atoms with Gasteiger partial charge in [0.2, 0.25) is 0 Å². The largest absolute Gasteiger partial charge is 0.377 e. The van der Waals surface area contributed by atoms with Gasteiger partial charge in [-0.1, -0.05) is 0 Å². The number of H-pyrrole nitrogens is 1. The van der Waals surface area contributed by atoms with Crippen LogP contribution in [0.15, 0.2) is 12.1 Å². The van der Waals surface area contributed by atoms with Gasteiger partial charge in [0.05, 0.1) is 30.0 Å². The zero-order valence-corrected chi connectivity index (χ0v) is 11.6. The van der Waals surface area contributed by atoms with Crippen LogP contribution in [-0.2, 0) is 4.74 Å². The van der Waals surface area contributed by atoms with Crippen molar-refractivity contribution in [3.8, 4) is 0 Å². The first-order valence-electron chi connectivity index (χ1n) is 7.19. The fourth-order valence-electron chi connectivity index (χ4n) is 3.46. The van der Waals surface area contributed by atoms with E-state index < -0.39 is 0 Å². The standard InChI is InChI=1S/C15H18FN3O/c1-10-11-7-14(12(16)8-13(11)18-17-10)19-5-6-20-9-15(19)3-2-4-15/h7-8H,2-6,9H2,1H3,(H,17,18). The van der Waals surface area contributed by atoms with Crippen molar-refractivity contribution >= 4 is 16.6 Å². The minimum atomic E-state index is -0.183. The predicted molar refractivity (Wildman–Crippen MR) is 75.5 cm³/mol. The van der Waals surface area contributed by atoms with E-state index in [9.17, 15) is 4.39 Å². The molecule has 1 aromatic heterocycles. The molecule has 106 valence electrons. The van der Waals surface area contributed by atoms with Gasteiger partial charge in [0.25, 0.3) is 0 Å². The molecule has 2 heterocycles. The maximum Gasteiger partial charge on any atom is 0.148 e. The smallest absolute Gasteiger partial charge is 0.148 e. The van der Waals surface area contributed by atoms with Gasteiger partial charge in [-0.2, -0.15) is 5.10 Å². The normalized spacial score (nSPS) is 21.4. The van der Waals surface area contributed by atoms with Crippen molar-refractivity contribution < 1.29 is 9.13 Å². The minimum absolute atomic E-state index is 0.0183. The average molecular weight is 275 g/mol. The number of halogens is 1. The van der Waals surface area contributed by atoms with Gasteiger partial charge in [0.15, 0.2) is 0 Å². The van der Waals surface area contributed by atoms with Crippen molar-refractivity contribution in [1.29, 1.82) is 0 Å². The molecule has 0 bridgehead atoms. The van der Waals surface area contributed by atoms with Gasteiger partial charge in [-0.05, 0) is 32.3 Å². The Kier molecular flexibility index (Phi) is 2.54. The third-order valence-corrected chi connectivity index (χ3v) is 4.79. The highest BCUT2D eigenvalue weighted by atomic mass is 19.1. The number of nitrogens with one attached hydrogen (secondary N) is 1. The first-order valence-corrected chi connectivity index (χ1v) is 7.19. The van der Waals surface area contributed by atoms with Crippen LogP contribution in [0.2, 0.25) is 0 Å². The van der Waals surface area contributed by atoms with Crippen molar-refractivity contribution in [1.82, 2.24) is 10.2 Å². The summed E-state index contributed by atoms with van der Waals surface area (Å²) < 4.78 is 20.1. The number of ether oxygens (including phenoxy) is 1. The zero-order valence-electron chi connectivity index (χ0n) is 11.6. The minimum Gasteiger partial charge on any atom is -0.377 e. The Morgan fingerprint density at radius 2 is 2.25 bits per heavy atom. The molecule has 2 aliphatic rings. The lowest BCUT2D eigenvalue weighted by atomic mass is 9.75. The SMILES string of the molecule is Cc1[nH]nc2cc(F)c(N3CCOCC34CCC4)cc12. The molecule has 1 N–H and O–H groups in total. The lowest BCUT2D eigenvalue weighted by molar-refractivity contribution is 0.0130. The summed E-state index contributed by atoms with van der Waals surface area (Å²) in [5.41, 5.74) is 2.39. The number of hydrogen-bond donors (Lipinski definition) is 1. The second kappa shape index (κ2) is 4.19. The second-order valence-electron chi connectivity index (χ2n) is 5.95. The summed E-state index contributed by atoms with van der Waals surface area (Å²) in [6, 6.07) is 3.48. The number of aryl methyl sites for hydroxylation is 1. The first-order chi connectivity index (χ1) is 9.70. The molecule has 0 atom stereocenters. The van der Waals surface area contributed by atoms with E-state index in [1.54, 1.807) is 0 Å². The molecule has 1 saturated carbocycles. The molecule has 2 fully saturated rings. The summed E-state index contributed by atoms with van der Waals surface area (Å²) in [5, 5.41) is 8.05. The highest BCUT2D eigenvalue weighted by molar-refractivity contribution is 5.85. The number of aromatic amines is 1. The third kappa shape index (κ3) is 1.59. The second-order valence-corrected chi connectivity index (χ2v) is 5.95. The monoisotopic (exact) mass is 275 g/mol. The number of fused-ring (bicyclic) bond motifs is 1. The third-order valence-electron chi connectivity index (χ3n) is 4.79. The lowest BCUT2D eigenvalue weighted by Gasteiger charge is -2.53. The number of aromatic nitrogens is 2. The molecule has 1 aliphatic carbocycles. The van der Waals surface area contributed by atoms with E-state index in [1.807, 2.05) is 13.0 Å². The maximum absolute atomic E-state index is 14.5. The van der Waals surface area contributed by atoms with E-state index >= 15 is 0 Å². The van der Waals surface area contributed by atoms with Gasteiger partial charge in [-0.15, -0.1) is 0 Å². The molecule has 1 saturated heterocycles. The fourth-order valence-corrected chi connectivity index (χ4v) is 3.46. The number of rotatable bonds is 1. The highest BCUT2D eigenvalue weighted by Crippen LogP contribution is 2.43. The fraction of sp³-hybridized carbons (Fsp3) is 0.533. The van der Waals surface area contributed by atoms with Crippen LogP contribution < -0.4 is 4.90 Å². The number of nitrogens with zero attached hydrogens (tertiary/aromatic N) is 2. The number of anilines is 1. The van der Waals surface area contributed by atoms with Gasteiger partial charge < -0.3 is 9.64 Å². The van der Waals surface area contributed by atoms with E-state index in [4.69, 9.17) is 4.74 Å². The lowest BCUT2D eigenvalue weighted by Crippen LogP contribution is -2.61. The van der Waals surface area contributed by atoms with E-state index in [0.29, 0.717) is 17.8 Å². The molecule has 4 rings (SSSR count). The van der Waals surface area contributed by atoms with Crippen LogP contribution in [-0.4, -0.2) is 35.5 Å². The Morgan fingerprint density at radius 3 is 3.00 bits per heavy atom. The van der Waals surface area contributed by atoms with E-state index in [-0.39, 0.29) is 11.4 Å². The van der Waals surface area contributed by atoms with Gasteiger partial charge in [0.1, 0.15) is 5.82 Å². The molecule has 2 aromatic rings. The molecule has 0 amide bonds. The van der Waals surface area contributed by atoms with Gasteiger partial charge in [-0.3, -0.25) is 5.10 Å². The number of hydrogen-bond acceptors (Lipinski definition) is 3. The molecule has 1 aromatic carbocycles. The Balaban J connectivity index is 1.83. The van der Waals surface area contributed by atoms with Gasteiger partial charge in [0, 0.05) is 23.7 Å². The molecule has 0 radical (unpaired) electrons. The molecule has 1 spiro atoms. The summed E-state index contributed by atoms with van der Waals surface area (Å²) in [6.45, 7) is 4.12. The zero-order chi connectivity index (χ0) is 13.7. The Bertz CT molecular complexity index is 662. The van der Waals surface area contributed by atoms with E-state index in [2.05, 4.69) is 15.1 Å².